The minimum atomic E-state index is -0.246. The van der Waals surface area contributed by atoms with E-state index in [9.17, 15) is 9.59 Å². The molecule has 6 aromatic rings. The van der Waals surface area contributed by atoms with E-state index >= 15 is 0 Å². The first kappa shape index (κ1) is 25.9. The summed E-state index contributed by atoms with van der Waals surface area (Å²) in [4.78, 5) is 26.0. The van der Waals surface area contributed by atoms with Crippen LogP contribution in [-0.2, 0) is 23.7 Å². The zero-order valence-electron chi connectivity index (χ0n) is 22.0. The largest absolute Gasteiger partial charge is 0.342 e. The third kappa shape index (κ3) is 4.35. The van der Waals surface area contributed by atoms with Gasteiger partial charge in [0, 0.05) is 59.5 Å². The van der Waals surface area contributed by atoms with Crippen LogP contribution in [0.25, 0.3) is 43.6 Å². The number of para-hydroxylation sites is 4. The van der Waals surface area contributed by atoms with E-state index in [1.54, 1.807) is 0 Å². The zero-order chi connectivity index (χ0) is 28.0. The van der Waals surface area contributed by atoms with Crippen molar-refractivity contribution in [2.24, 2.45) is 14.1 Å². The molecule has 6 rings (SSSR count). The van der Waals surface area contributed by atoms with Gasteiger partial charge in [-0.1, -0.05) is 85.1 Å². The highest BCUT2D eigenvalue weighted by atomic mass is 32.1. The number of anilines is 2. The summed E-state index contributed by atoms with van der Waals surface area (Å²) in [6, 6.07) is 27.3. The SMILES string of the molecule is Cn1c2ccccc2c(=S)c2cccc(NC(=O)CCC(=O)Nc3cccc4c(=S)c5ccccc5n(C)c34)c21. The molecule has 0 aliphatic rings. The number of nitrogens with zero attached hydrogens (tertiary/aromatic N) is 2. The number of benzene rings is 4. The molecule has 0 radical (unpaired) electrons. The number of carbonyl (C=O) groups excluding carboxylic acids is 2. The first-order valence-corrected chi connectivity index (χ1v) is 13.8. The van der Waals surface area contributed by atoms with Gasteiger partial charge in [0.05, 0.1) is 31.4 Å². The summed E-state index contributed by atoms with van der Waals surface area (Å²) in [6.07, 6.45) is 0.0682. The van der Waals surface area contributed by atoms with Gasteiger partial charge in [0.2, 0.25) is 11.8 Å². The van der Waals surface area contributed by atoms with Gasteiger partial charge >= 0.3 is 0 Å². The number of nitrogens with one attached hydrogen (secondary N) is 2. The van der Waals surface area contributed by atoms with E-state index in [0.717, 1.165) is 52.6 Å². The maximum absolute atomic E-state index is 13.0. The highest BCUT2D eigenvalue weighted by molar-refractivity contribution is 7.72. The number of carbonyl (C=O) groups is 2. The highest BCUT2D eigenvalue weighted by Crippen LogP contribution is 2.31. The van der Waals surface area contributed by atoms with E-state index in [-0.39, 0.29) is 24.7 Å². The third-order valence-electron chi connectivity index (χ3n) is 7.38. The van der Waals surface area contributed by atoms with Crippen LogP contribution in [0.3, 0.4) is 0 Å². The molecule has 8 heteroatoms. The molecule has 2 amide bonds. The van der Waals surface area contributed by atoms with E-state index in [2.05, 4.69) is 10.6 Å². The van der Waals surface area contributed by atoms with Crippen molar-refractivity contribution in [2.45, 2.75) is 12.8 Å². The molecule has 0 saturated carbocycles. The van der Waals surface area contributed by atoms with Crippen LogP contribution in [0.5, 0.6) is 0 Å². The van der Waals surface area contributed by atoms with E-state index in [1.165, 1.54) is 0 Å². The minimum Gasteiger partial charge on any atom is -0.342 e. The van der Waals surface area contributed by atoms with Crippen LogP contribution in [0.4, 0.5) is 11.4 Å². The Morgan fingerprint density at radius 1 is 0.575 bits per heavy atom. The Morgan fingerprint density at radius 3 is 1.38 bits per heavy atom. The monoisotopic (exact) mass is 562 g/mol. The number of pyridine rings is 2. The fourth-order valence-corrected chi connectivity index (χ4v) is 6.15. The third-order valence-corrected chi connectivity index (χ3v) is 8.26. The van der Waals surface area contributed by atoms with Gasteiger partial charge in [-0.05, 0) is 24.3 Å². The van der Waals surface area contributed by atoms with Crippen molar-refractivity contribution < 1.29 is 9.59 Å². The Bertz CT molecular complexity index is 1980. The molecule has 40 heavy (non-hydrogen) atoms. The summed E-state index contributed by atoms with van der Waals surface area (Å²) in [5, 5.41) is 9.77. The molecular formula is C32H26N4O2S2. The fourth-order valence-electron chi connectivity index (χ4n) is 5.48. The fraction of sp³-hybridized carbons (Fsp3) is 0.125. The Kier molecular flexibility index (Phi) is 6.65. The van der Waals surface area contributed by atoms with Crippen LogP contribution in [0.1, 0.15) is 12.8 Å². The Balaban J connectivity index is 1.23. The second-order valence-electron chi connectivity index (χ2n) is 9.81. The molecule has 6 nitrogen and oxygen atoms in total. The maximum Gasteiger partial charge on any atom is 0.224 e. The standard InChI is InChI=1S/C32H26N4O2S2/c1-35-25-15-5-3-9-19(25)31(39)21-11-7-13-23(29(21)35)33-27(37)17-18-28(38)34-24-14-8-12-22-30(24)36(2)26-16-6-4-10-20(26)32(22)40/h3-16H,17-18H2,1-2H3,(H,33,37)(H,34,38). The molecule has 0 spiro atoms. The molecule has 198 valence electrons. The molecule has 0 unspecified atom stereocenters. The lowest BCUT2D eigenvalue weighted by Crippen LogP contribution is -2.18. The molecule has 0 saturated heterocycles. The number of hydrogen-bond donors (Lipinski definition) is 2. The van der Waals surface area contributed by atoms with Crippen LogP contribution in [0.2, 0.25) is 0 Å². The number of aryl methyl sites for hydroxylation is 2. The second kappa shape index (κ2) is 10.3. The molecule has 2 N–H and O–H groups in total. The summed E-state index contributed by atoms with van der Waals surface area (Å²) in [5.41, 5.74) is 4.98. The van der Waals surface area contributed by atoms with Crippen molar-refractivity contribution in [1.82, 2.24) is 9.13 Å². The van der Waals surface area contributed by atoms with Crippen molar-refractivity contribution in [3.8, 4) is 0 Å². The average Bonchev–Trinajstić information content (AvgIpc) is 2.97. The number of fused-ring (bicyclic) bond motifs is 4. The summed E-state index contributed by atoms with van der Waals surface area (Å²) in [7, 11) is 3.92. The number of hydrogen-bond acceptors (Lipinski definition) is 4. The maximum atomic E-state index is 13.0. The van der Waals surface area contributed by atoms with Gasteiger partial charge < -0.3 is 19.8 Å². The zero-order valence-corrected chi connectivity index (χ0v) is 23.7. The lowest BCUT2D eigenvalue weighted by Gasteiger charge is -2.16. The molecule has 0 aliphatic carbocycles. The molecule has 4 aromatic carbocycles. The average molecular weight is 563 g/mol. The van der Waals surface area contributed by atoms with Gasteiger partial charge in [0.15, 0.2) is 0 Å². The van der Waals surface area contributed by atoms with Crippen molar-refractivity contribution in [3.63, 3.8) is 0 Å². The van der Waals surface area contributed by atoms with Crippen molar-refractivity contribution >= 4 is 91.2 Å². The summed E-state index contributed by atoms with van der Waals surface area (Å²) >= 11 is 11.5. The minimum absolute atomic E-state index is 0.0341. The quantitative estimate of drug-likeness (QED) is 0.166. The molecule has 0 bridgehead atoms. The van der Waals surface area contributed by atoms with E-state index in [0.29, 0.717) is 11.4 Å². The van der Waals surface area contributed by atoms with Crippen molar-refractivity contribution in [3.05, 3.63) is 93.9 Å². The topological polar surface area (TPSA) is 68.1 Å². The Hall–Kier alpha value is -4.40. The van der Waals surface area contributed by atoms with Gasteiger partial charge in [-0.2, -0.15) is 0 Å². The van der Waals surface area contributed by atoms with Gasteiger partial charge in [-0.15, -0.1) is 0 Å². The van der Waals surface area contributed by atoms with Crippen LogP contribution in [-0.4, -0.2) is 20.9 Å². The van der Waals surface area contributed by atoms with Gasteiger partial charge in [-0.25, -0.2) is 0 Å². The van der Waals surface area contributed by atoms with Crippen LogP contribution in [0, 0.1) is 9.02 Å². The molecule has 2 heterocycles. The summed E-state index contributed by atoms with van der Waals surface area (Å²) < 4.78 is 5.58. The summed E-state index contributed by atoms with van der Waals surface area (Å²) in [6.45, 7) is 0. The highest BCUT2D eigenvalue weighted by Gasteiger charge is 2.15. The first-order valence-electron chi connectivity index (χ1n) is 13.0. The first-order chi connectivity index (χ1) is 19.3. The Morgan fingerprint density at radius 2 is 0.950 bits per heavy atom. The molecular weight excluding hydrogens is 537 g/mol. The van der Waals surface area contributed by atoms with Crippen molar-refractivity contribution in [1.29, 1.82) is 0 Å². The smallest absolute Gasteiger partial charge is 0.224 e. The predicted octanol–water partition coefficient (Wildman–Crippen LogP) is 7.79. The lowest BCUT2D eigenvalue weighted by atomic mass is 10.1. The molecule has 0 fully saturated rings. The van der Waals surface area contributed by atoms with Crippen molar-refractivity contribution in [2.75, 3.05) is 10.6 Å². The lowest BCUT2D eigenvalue weighted by molar-refractivity contribution is -0.121. The normalized spacial score (nSPS) is 11.3. The van der Waals surface area contributed by atoms with Gasteiger partial charge in [0.25, 0.3) is 0 Å². The van der Waals surface area contributed by atoms with Gasteiger partial charge in [0.1, 0.15) is 0 Å². The van der Waals surface area contributed by atoms with Crippen LogP contribution >= 0.6 is 24.4 Å². The van der Waals surface area contributed by atoms with E-state index < -0.39 is 0 Å². The molecule has 0 aliphatic heterocycles. The number of aromatic nitrogens is 2. The van der Waals surface area contributed by atoms with Crippen LogP contribution in [0.15, 0.2) is 84.9 Å². The Labute approximate surface area is 240 Å². The predicted molar refractivity (Wildman–Crippen MR) is 169 cm³/mol. The van der Waals surface area contributed by atoms with E-state index in [4.69, 9.17) is 24.4 Å². The van der Waals surface area contributed by atoms with E-state index in [1.807, 2.05) is 108 Å². The number of rotatable bonds is 5. The molecule has 0 atom stereocenters. The second-order valence-corrected chi connectivity index (χ2v) is 10.6. The molecule has 2 aromatic heterocycles. The number of amides is 2. The van der Waals surface area contributed by atoms with Crippen LogP contribution < -0.4 is 10.6 Å². The van der Waals surface area contributed by atoms with Gasteiger partial charge in [-0.3, -0.25) is 9.59 Å². The summed E-state index contributed by atoms with van der Waals surface area (Å²) in [5.74, 6) is -0.493.